The van der Waals surface area contributed by atoms with Gasteiger partial charge in [0.15, 0.2) is 5.82 Å². The van der Waals surface area contributed by atoms with Gasteiger partial charge in [0.2, 0.25) is 0 Å². The number of carbonyl (C=O) groups excluding carboxylic acids is 1. The van der Waals surface area contributed by atoms with Crippen LogP contribution in [0.3, 0.4) is 0 Å². The molecule has 0 saturated carbocycles. The molecule has 0 bridgehead atoms. The average molecular weight is 298 g/mol. The van der Waals surface area contributed by atoms with Crippen LogP contribution in [0.5, 0.6) is 0 Å². The number of aromatic amines is 1. The van der Waals surface area contributed by atoms with Gasteiger partial charge in [-0.25, -0.2) is 4.98 Å². The van der Waals surface area contributed by atoms with Crippen LogP contribution in [0.2, 0.25) is 0 Å². The maximum absolute atomic E-state index is 12.5. The number of nitrogens with zero attached hydrogens (tertiary/aromatic N) is 3. The molecule has 3 rings (SSSR count). The van der Waals surface area contributed by atoms with Crippen molar-refractivity contribution in [3.05, 3.63) is 53.6 Å². The number of H-pyrrole nitrogens is 1. The number of imidazole rings is 1. The fourth-order valence-corrected chi connectivity index (χ4v) is 3.08. The van der Waals surface area contributed by atoms with Crippen molar-refractivity contribution < 1.29 is 4.79 Å². The summed E-state index contributed by atoms with van der Waals surface area (Å²) in [6.07, 6.45) is 5.36. The number of nitrogens with one attached hydrogen (secondary N) is 1. The number of benzene rings is 1. The van der Waals surface area contributed by atoms with Crippen LogP contribution in [0, 0.1) is 0 Å². The van der Waals surface area contributed by atoms with E-state index in [-0.39, 0.29) is 11.9 Å². The topological polar surface area (TPSA) is 52.2 Å². The molecule has 2 aromatic rings. The Kier molecular flexibility index (Phi) is 4.24. The highest BCUT2D eigenvalue weighted by molar-refractivity contribution is 5.91. The fourth-order valence-electron chi connectivity index (χ4n) is 3.08. The van der Waals surface area contributed by atoms with Crippen LogP contribution in [0.15, 0.2) is 36.7 Å². The maximum Gasteiger partial charge on any atom is 0.290 e. The van der Waals surface area contributed by atoms with Crippen molar-refractivity contribution >= 4 is 5.91 Å². The van der Waals surface area contributed by atoms with E-state index >= 15 is 0 Å². The van der Waals surface area contributed by atoms with Gasteiger partial charge in [0.25, 0.3) is 5.91 Å². The van der Waals surface area contributed by atoms with Crippen molar-refractivity contribution in [3.63, 3.8) is 0 Å². The number of carbonyl (C=O) groups is 1. The largest absolute Gasteiger partial charge is 0.341 e. The molecule has 22 heavy (non-hydrogen) atoms. The summed E-state index contributed by atoms with van der Waals surface area (Å²) < 4.78 is 0. The predicted octanol–water partition coefficient (Wildman–Crippen LogP) is 2.45. The summed E-state index contributed by atoms with van der Waals surface area (Å²) in [5, 5.41) is 0. The van der Waals surface area contributed by atoms with Gasteiger partial charge in [-0.05, 0) is 38.1 Å². The Hall–Kier alpha value is -2.14. The lowest BCUT2D eigenvalue weighted by molar-refractivity contribution is 0.0724. The molecule has 1 fully saturated rings. The van der Waals surface area contributed by atoms with Gasteiger partial charge < -0.3 is 14.8 Å². The second-order valence-electron chi connectivity index (χ2n) is 6.07. The van der Waals surface area contributed by atoms with Gasteiger partial charge in [-0.15, -0.1) is 0 Å². The molecule has 1 saturated heterocycles. The van der Waals surface area contributed by atoms with Crippen molar-refractivity contribution in [1.82, 2.24) is 19.8 Å². The lowest BCUT2D eigenvalue weighted by Crippen LogP contribution is -2.31. The molecule has 5 heteroatoms. The van der Waals surface area contributed by atoms with E-state index < -0.39 is 0 Å². The molecule has 1 amide bonds. The standard InChI is InChI=1S/C17H22N4O/c1-20(2)12-13-5-7-14(8-6-13)15-4-3-11-21(15)17(22)16-18-9-10-19-16/h5-10,15H,3-4,11-12H2,1-2H3,(H,18,19). The van der Waals surface area contributed by atoms with Crippen LogP contribution in [0.1, 0.15) is 40.6 Å². The number of aromatic nitrogens is 2. The van der Waals surface area contributed by atoms with Crippen molar-refractivity contribution in [3.8, 4) is 0 Å². The maximum atomic E-state index is 12.5. The first-order chi connectivity index (χ1) is 10.6. The van der Waals surface area contributed by atoms with E-state index in [9.17, 15) is 4.79 Å². The van der Waals surface area contributed by atoms with Gasteiger partial charge in [-0.1, -0.05) is 24.3 Å². The van der Waals surface area contributed by atoms with Crippen molar-refractivity contribution in [1.29, 1.82) is 0 Å². The molecule has 1 aliphatic rings. The van der Waals surface area contributed by atoms with Crippen LogP contribution >= 0.6 is 0 Å². The Morgan fingerprint density at radius 3 is 2.77 bits per heavy atom. The summed E-state index contributed by atoms with van der Waals surface area (Å²) >= 11 is 0. The van der Waals surface area contributed by atoms with Gasteiger partial charge in [-0.3, -0.25) is 4.79 Å². The van der Waals surface area contributed by atoms with Crippen LogP contribution in [0.4, 0.5) is 0 Å². The SMILES string of the molecule is CN(C)Cc1ccc(C2CCCN2C(=O)c2ncc[nH]2)cc1. The number of hydrogen-bond acceptors (Lipinski definition) is 3. The second kappa shape index (κ2) is 6.32. The zero-order valence-electron chi connectivity index (χ0n) is 13.1. The van der Waals surface area contributed by atoms with Gasteiger partial charge in [-0.2, -0.15) is 0 Å². The molecular weight excluding hydrogens is 276 g/mol. The Balaban J connectivity index is 1.77. The van der Waals surface area contributed by atoms with Crippen molar-refractivity contribution in [2.45, 2.75) is 25.4 Å². The summed E-state index contributed by atoms with van der Waals surface area (Å²) in [5.41, 5.74) is 2.50. The number of rotatable bonds is 4. The van der Waals surface area contributed by atoms with Crippen LogP contribution in [-0.4, -0.2) is 46.3 Å². The third kappa shape index (κ3) is 3.04. The lowest BCUT2D eigenvalue weighted by Gasteiger charge is -2.24. The molecular formula is C17H22N4O. The molecule has 5 nitrogen and oxygen atoms in total. The summed E-state index contributed by atoms with van der Waals surface area (Å²) in [6.45, 7) is 1.73. The first kappa shape index (κ1) is 14.8. The highest BCUT2D eigenvalue weighted by Crippen LogP contribution is 2.32. The van der Waals surface area contributed by atoms with Crippen LogP contribution in [-0.2, 0) is 6.54 Å². The minimum atomic E-state index is -0.00938. The van der Waals surface area contributed by atoms with Gasteiger partial charge in [0.05, 0.1) is 6.04 Å². The summed E-state index contributed by atoms with van der Waals surface area (Å²) in [4.78, 5) is 23.6. The average Bonchev–Trinajstić information content (AvgIpc) is 3.18. The highest BCUT2D eigenvalue weighted by atomic mass is 16.2. The molecule has 0 spiro atoms. The molecule has 0 aliphatic carbocycles. The number of likely N-dealkylation sites (tertiary alicyclic amines) is 1. The fraction of sp³-hybridized carbons (Fsp3) is 0.412. The normalized spacial score (nSPS) is 18.1. The van der Waals surface area contributed by atoms with E-state index in [4.69, 9.17) is 0 Å². The lowest BCUT2D eigenvalue weighted by atomic mass is 10.0. The molecule has 1 N–H and O–H groups in total. The van der Waals surface area contributed by atoms with E-state index in [1.165, 1.54) is 11.1 Å². The zero-order chi connectivity index (χ0) is 15.5. The first-order valence-corrected chi connectivity index (χ1v) is 7.69. The van der Waals surface area contributed by atoms with Crippen LogP contribution < -0.4 is 0 Å². The third-order valence-corrected chi connectivity index (χ3v) is 4.08. The monoisotopic (exact) mass is 298 g/mol. The Bertz CT molecular complexity index is 619. The molecule has 0 radical (unpaired) electrons. The second-order valence-corrected chi connectivity index (χ2v) is 6.07. The van der Waals surface area contributed by atoms with E-state index in [1.807, 2.05) is 4.90 Å². The molecule has 1 aromatic carbocycles. The molecule has 1 aliphatic heterocycles. The smallest absolute Gasteiger partial charge is 0.290 e. The summed E-state index contributed by atoms with van der Waals surface area (Å²) in [5.74, 6) is 0.418. The molecule has 116 valence electrons. The van der Waals surface area contributed by atoms with E-state index in [0.717, 1.165) is 25.9 Å². The van der Waals surface area contributed by atoms with E-state index in [0.29, 0.717) is 5.82 Å². The Morgan fingerprint density at radius 1 is 1.36 bits per heavy atom. The van der Waals surface area contributed by atoms with Gasteiger partial charge in [0.1, 0.15) is 0 Å². The van der Waals surface area contributed by atoms with Gasteiger partial charge in [0, 0.05) is 25.5 Å². The van der Waals surface area contributed by atoms with E-state index in [1.54, 1.807) is 12.4 Å². The number of amides is 1. The quantitative estimate of drug-likeness (QED) is 0.943. The van der Waals surface area contributed by atoms with E-state index in [2.05, 4.69) is 53.2 Å². The van der Waals surface area contributed by atoms with Crippen molar-refractivity contribution in [2.24, 2.45) is 0 Å². The molecule has 1 atom stereocenters. The van der Waals surface area contributed by atoms with Crippen molar-refractivity contribution in [2.75, 3.05) is 20.6 Å². The predicted molar refractivity (Wildman–Crippen MR) is 85.4 cm³/mol. The first-order valence-electron chi connectivity index (χ1n) is 7.69. The Labute approximate surface area is 131 Å². The molecule has 2 heterocycles. The third-order valence-electron chi connectivity index (χ3n) is 4.08. The highest BCUT2D eigenvalue weighted by Gasteiger charge is 2.31. The van der Waals surface area contributed by atoms with Crippen LogP contribution in [0.25, 0.3) is 0 Å². The zero-order valence-corrected chi connectivity index (χ0v) is 13.1. The molecule has 1 unspecified atom stereocenters. The summed E-state index contributed by atoms with van der Waals surface area (Å²) in [6, 6.07) is 8.77. The molecule has 1 aromatic heterocycles. The Morgan fingerprint density at radius 2 is 2.14 bits per heavy atom. The number of hydrogen-bond donors (Lipinski definition) is 1. The summed E-state index contributed by atoms with van der Waals surface area (Å²) in [7, 11) is 4.13. The minimum Gasteiger partial charge on any atom is -0.341 e. The minimum absolute atomic E-state index is 0.00938. The van der Waals surface area contributed by atoms with Gasteiger partial charge >= 0.3 is 0 Å².